The standard InChI is InChI=1S/C26H28N4/c1-5-25-16-26(25,6-2)24-29(19-14-17(3)13-18(4)15-19)22-23(28-12-11-27-22)30(24)21-10-8-7-9-20(21)25/h7-15,24H,5-6,16H2,1-4H3. The van der Waals surface area contributed by atoms with E-state index in [0.29, 0.717) is 0 Å². The van der Waals surface area contributed by atoms with E-state index in [1.807, 2.05) is 12.4 Å². The fraction of sp³-hybridized carbons (Fsp3) is 0.385. The van der Waals surface area contributed by atoms with Crippen LogP contribution in [0.1, 0.15) is 49.8 Å². The van der Waals surface area contributed by atoms with Crippen molar-refractivity contribution in [1.29, 1.82) is 0 Å². The first kappa shape index (κ1) is 17.9. The molecule has 30 heavy (non-hydrogen) atoms. The molecule has 3 atom stereocenters. The van der Waals surface area contributed by atoms with E-state index in [1.165, 1.54) is 40.9 Å². The van der Waals surface area contributed by atoms with Crippen molar-refractivity contribution in [3.8, 4) is 0 Å². The molecule has 4 heteroatoms. The minimum atomic E-state index is 0.191. The van der Waals surface area contributed by atoms with E-state index in [1.54, 1.807) is 0 Å². The van der Waals surface area contributed by atoms with Gasteiger partial charge in [-0.15, -0.1) is 0 Å². The summed E-state index contributed by atoms with van der Waals surface area (Å²) >= 11 is 0. The maximum absolute atomic E-state index is 4.86. The normalized spacial score (nSPS) is 27.9. The third kappa shape index (κ3) is 1.97. The monoisotopic (exact) mass is 396 g/mol. The van der Waals surface area contributed by atoms with Gasteiger partial charge in [0.2, 0.25) is 0 Å². The zero-order valence-electron chi connectivity index (χ0n) is 18.2. The second-order valence-electron chi connectivity index (χ2n) is 9.30. The average molecular weight is 397 g/mol. The second kappa shape index (κ2) is 5.84. The highest BCUT2D eigenvalue weighted by molar-refractivity contribution is 5.88. The molecule has 0 bridgehead atoms. The number of hydrogen-bond acceptors (Lipinski definition) is 4. The summed E-state index contributed by atoms with van der Waals surface area (Å²) < 4.78 is 0. The van der Waals surface area contributed by atoms with Crippen molar-refractivity contribution < 1.29 is 0 Å². The summed E-state index contributed by atoms with van der Waals surface area (Å²) in [5.74, 6) is 1.97. The van der Waals surface area contributed by atoms with Gasteiger partial charge in [-0.25, -0.2) is 9.97 Å². The van der Waals surface area contributed by atoms with Gasteiger partial charge in [0.25, 0.3) is 0 Å². The first-order valence-corrected chi connectivity index (χ1v) is 11.1. The Labute approximate surface area is 178 Å². The van der Waals surface area contributed by atoms with Gasteiger partial charge in [0.15, 0.2) is 11.6 Å². The molecule has 1 fully saturated rings. The Bertz CT molecular complexity index is 1150. The number of aryl methyl sites for hydroxylation is 2. The van der Waals surface area contributed by atoms with Gasteiger partial charge < -0.3 is 9.80 Å². The first-order chi connectivity index (χ1) is 14.6. The molecule has 3 aromatic rings. The van der Waals surface area contributed by atoms with Crippen LogP contribution in [0.4, 0.5) is 23.0 Å². The van der Waals surface area contributed by atoms with Crippen LogP contribution in [0.5, 0.6) is 0 Å². The molecule has 2 aromatic carbocycles. The fourth-order valence-electron chi connectivity index (χ4n) is 6.70. The molecular weight excluding hydrogens is 368 g/mol. The highest BCUT2D eigenvalue weighted by atomic mass is 15.5. The molecule has 6 rings (SSSR count). The van der Waals surface area contributed by atoms with Gasteiger partial charge >= 0.3 is 0 Å². The molecule has 1 aromatic heterocycles. The Morgan fingerprint density at radius 2 is 1.57 bits per heavy atom. The number of anilines is 4. The van der Waals surface area contributed by atoms with E-state index >= 15 is 0 Å². The van der Waals surface area contributed by atoms with Gasteiger partial charge in [0, 0.05) is 34.6 Å². The minimum Gasteiger partial charge on any atom is -0.301 e. The predicted octanol–water partition coefficient (Wildman–Crippen LogP) is 6.17. The number of aromatic nitrogens is 2. The van der Waals surface area contributed by atoms with Crippen LogP contribution >= 0.6 is 0 Å². The molecule has 0 N–H and O–H groups in total. The maximum atomic E-state index is 4.86. The summed E-state index contributed by atoms with van der Waals surface area (Å²) in [6.45, 7) is 9.10. The average Bonchev–Trinajstić information content (AvgIpc) is 3.33. The van der Waals surface area contributed by atoms with Crippen LogP contribution in [-0.2, 0) is 5.41 Å². The zero-order chi connectivity index (χ0) is 20.7. The minimum absolute atomic E-state index is 0.191. The van der Waals surface area contributed by atoms with Crippen LogP contribution in [0.2, 0.25) is 0 Å². The number of hydrogen-bond donors (Lipinski definition) is 0. The predicted molar refractivity (Wildman–Crippen MR) is 122 cm³/mol. The van der Waals surface area contributed by atoms with Gasteiger partial charge in [-0.3, -0.25) is 0 Å². The topological polar surface area (TPSA) is 32.3 Å². The molecular formula is C26H28N4. The Morgan fingerprint density at radius 3 is 2.23 bits per heavy atom. The van der Waals surface area contributed by atoms with Crippen LogP contribution in [0.3, 0.4) is 0 Å². The number of benzene rings is 2. The second-order valence-corrected chi connectivity index (χ2v) is 9.30. The molecule has 3 heterocycles. The summed E-state index contributed by atoms with van der Waals surface area (Å²) in [6, 6.07) is 15.8. The summed E-state index contributed by atoms with van der Waals surface area (Å²) in [5.41, 5.74) is 7.02. The van der Waals surface area contributed by atoms with Crippen LogP contribution in [-0.4, -0.2) is 16.1 Å². The summed E-state index contributed by atoms with van der Waals surface area (Å²) in [6.07, 6.45) is 7.40. The Morgan fingerprint density at radius 1 is 0.900 bits per heavy atom. The lowest BCUT2D eigenvalue weighted by Crippen LogP contribution is -2.51. The third-order valence-electron chi connectivity index (χ3n) is 7.94. The quantitative estimate of drug-likeness (QED) is 0.530. The largest absolute Gasteiger partial charge is 0.301 e. The lowest BCUT2D eigenvalue weighted by atomic mass is 9.76. The van der Waals surface area contributed by atoms with Gasteiger partial charge in [-0.1, -0.05) is 38.1 Å². The van der Waals surface area contributed by atoms with Crippen LogP contribution in [0.25, 0.3) is 0 Å². The van der Waals surface area contributed by atoms with Crippen molar-refractivity contribution in [3.05, 3.63) is 71.5 Å². The van der Waals surface area contributed by atoms with Gasteiger partial charge in [0.1, 0.15) is 6.17 Å². The summed E-state index contributed by atoms with van der Waals surface area (Å²) in [4.78, 5) is 14.7. The van der Waals surface area contributed by atoms with Crippen molar-refractivity contribution in [2.24, 2.45) is 5.41 Å². The molecule has 2 aliphatic heterocycles. The third-order valence-corrected chi connectivity index (χ3v) is 7.94. The van der Waals surface area contributed by atoms with Crippen molar-refractivity contribution >= 4 is 23.0 Å². The Hall–Kier alpha value is -2.88. The molecule has 1 aliphatic carbocycles. The lowest BCUT2D eigenvalue weighted by Gasteiger charge is -2.46. The molecule has 3 unspecified atom stereocenters. The maximum Gasteiger partial charge on any atom is 0.178 e. The van der Waals surface area contributed by atoms with Gasteiger partial charge in [-0.05, 0) is 68.0 Å². The number of para-hydroxylation sites is 1. The molecule has 0 amide bonds. The Kier molecular flexibility index (Phi) is 3.49. The van der Waals surface area contributed by atoms with E-state index in [4.69, 9.17) is 9.97 Å². The SMILES string of the molecule is CCC12CC1(CC)C1N(c3cc(C)cc(C)c3)c3nccnc3N1c1ccccc12. The van der Waals surface area contributed by atoms with Crippen molar-refractivity contribution in [2.75, 3.05) is 9.80 Å². The van der Waals surface area contributed by atoms with E-state index in [2.05, 4.69) is 80.0 Å². The highest BCUT2D eigenvalue weighted by Gasteiger charge is 2.76. The lowest BCUT2D eigenvalue weighted by molar-refractivity contribution is 0.311. The highest BCUT2D eigenvalue weighted by Crippen LogP contribution is 2.77. The molecule has 0 radical (unpaired) electrons. The van der Waals surface area contributed by atoms with Gasteiger partial charge in [0.05, 0.1) is 0 Å². The molecule has 1 saturated carbocycles. The van der Waals surface area contributed by atoms with E-state index in [-0.39, 0.29) is 17.0 Å². The molecule has 152 valence electrons. The molecule has 4 nitrogen and oxygen atoms in total. The number of rotatable bonds is 3. The van der Waals surface area contributed by atoms with E-state index in [0.717, 1.165) is 18.1 Å². The fourth-order valence-corrected chi connectivity index (χ4v) is 6.70. The van der Waals surface area contributed by atoms with Crippen molar-refractivity contribution in [2.45, 2.75) is 58.5 Å². The van der Waals surface area contributed by atoms with Crippen LogP contribution < -0.4 is 9.80 Å². The Balaban J connectivity index is 1.67. The number of nitrogens with zero attached hydrogens (tertiary/aromatic N) is 4. The van der Waals surface area contributed by atoms with E-state index in [9.17, 15) is 0 Å². The number of fused-ring (bicyclic) bond motifs is 8. The zero-order valence-corrected chi connectivity index (χ0v) is 18.2. The van der Waals surface area contributed by atoms with Crippen LogP contribution in [0, 0.1) is 19.3 Å². The van der Waals surface area contributed by atoms with Crippen molar-refractivity contribution in [1.82, 2.24) is 9.97 Å². The summed E-state index contributed by atoms with van der Waals surface area (Å²) in [7, 11) is 0. The first-order valence-electron chi connectivity index (χ1n) is 11.1. The smallest absolute Gasteiger partial charge is 0.178 e. The molecule has 3 aliphatic rings. The summed E-state index contributed by atoms with van der Waals surface area (Å²) in [5, 5.41) is 0. The van der Waals surface area contributed by atoms with Crippen LogP contribution in [0.15, 0.2) is 54.9 Å². The van der Waals surface area contributed by atoms with Gasteiger partial charge in [-0.2, -0.15) is 0 Å². The van der Waals surface area contributed by atoms with E-state index < -0.39 is 0 Å². The molecule has 0 spiro atoms. The molecule has 0 saturated heterocycles. The van der Waals surface area contributed by atoms with Crippen molar-refractivity contribution in [3.63, 3.8) is 0 Å².